The number of H-pyrrole nitrogens is 1. The third-order valence-corrected chi connectivity index (χ3v) is 2.13. The number of Topliss-reactive ketones (excluding diaryl/α,β-unsaturated/α-hetero) is 1. The zero-order valence-corrected chi connectivity index (χ0v) is 9.08. The van der Waals surface area contributed by atoms with E-state index in [1.165, 1.54) is 12.7 Å². The summed E-state index contributed by atoms with van der Waals surface area (Å²) in [5.74, 6) is 0.738. The van der Waals surface area contributed by atoms with E-state index >= 15 is 0 Å². The molecule has 0 saturated carbocycles. The molecule has 0 spiro atoms. The average Bonchev–Trinajstić information content (AvgIpc) is 2.86. The van der Waals surface area contributed by atoms with Crippen molar-refractivity contribution in [2.45, 2.75) is 26.3 Å². The van der Waals surface area contributed by atoms with Crippen LogP contribution in [0.5, 0.6) is 0 Å². The predicted molar refractivity (Wildman–Crippen MR) is 54.8 cm³/mol. The van der Waals surface area contributed by atoms with Crippen molar-refractivity contribution in [2.75, 3.05) is 0 Å². The summed E-state index contributed by atoms with van der Waals surface area (Å²) in [7, 11) is 0. The molecule has 0 unspecified atom stereocenters. The maximum atomic E-state index is 11.7. The van der Waals surface area contributed by atoms with Crippen LogP contribution < -0.4 is 0 Å². The molecule has 0 bridgehead atoms. The lowest BCUT2D eigenvalue weighted by Gasteiger charge is -2.07. The number of rotatable bonds is 4. The standard InChI is InChI=1S/C9H12N6O/c1-6(2)15-8(10-5-13-15)3-7(16)9-11-4-12-14-9/h4-6H,3H2,1-2H3,(H,11,12,14). The Hall–Kier alpha value is -2.05. The summed E-state index contributed by atoms with van der Waals surface area (Å²) in [4.78, 5) is 19.6. The fourth-order valence-corrected chi connectivity index (χ4v) is 1.40. The van der Waals surface area contributed by atoms with E-state index in [-0.39, 0.29) is 24.1 Å². The van der Waals surface area contributed by atoms with Gasteiger partial charge in [-0.2, -0.15) is 10.2 Å². The summed E-state index contributed by atoms with van der Waals surface area (Å²) in [6.07, 6.45) is 2.93. The monoisotopic (exact) mass is 220 g/mol. The molecule has 0 atom stereocenters. The van der Waals surface area contributed by atoms with Gasteiger partial charge in [0.1, 0.15) is 18.5 Å². The Morgan fingerprint density at radius 1 is 1.44 bits per heavy atom. The Morgan fingerprint density at radius 2 is 2.25 bits per heavy atom. The molecule has 7 heteroatoms. The summed E-state index contributed by atoms with van der Waals surface area (Å²) in [6.45, 7) is 3.97. The zero-order valence-electron chi connectivity index (χ0n) is 9.08. The Bertz CT molecular complexity index is 472. The minimum Gasteiger partial charge on any atom is -0.290 e. The fourth-order valence-electron chi connectivity index (χ4n) is 1.40. The summed E-state index contributed by atoms with van der Waals surface area (Å²) >= 11 is 0. The van der Waals surface area contributed by atoms with Gasteiger partial charge in [0, 0.05) is 6.04 Å². The van der Waals surface area contributed by atoms with E-state index in [1.807, 2.05) is 13.8 Å². The van der Waals surface area contributed by atoms with E-state index in [1.54, 1.807) is 4.68 Å². The zero-order chi connectivity index (χ0) is 11.5. The Kier molecular flexibility index (Phi) is 2.76. The van der Waals surface area contributed by atoms with Crippen molar-refractivity contribution >= 4 is 5.78 Å². The molecule has 2 rings (SSSR count). The van der Waals surface area contributed by atoms with Gasteiger partial charge in [-0.15, -0.1) is 0 Å². The first-order valence-corrected chi connectivity index (χ1v) is 4.95. The third kappa shape index (κ3) is 1.97. The Labute approximate surface area is 91.9 Å². The van der Waals surface area contributed by atoms with Crippen LogP contribution in [0.15, 0.2) is 12.7 Å². The van der Waals surface area contributed by atoms with Crippen molar-refractivity contribution in [1.82, 2.24) is 29.9 Å². The van der Waals surface area contributed by atoms with Crippen LogP contribution in [0.4, 0.5) is 0 Å². The summed E-state index contributed by atoms with van der Waals surface area (Å²) < 4.78 is 1.72. The first kappa shape index (κ1) is 10.5. The maximum Gasteiger partial charge on any atom is 0.207 e. The molecule has 2 aromatic heterocycles. The summed E-state index contributed by atoms with van der Waals surface area (Å²) in [5.41, 5.74) is 0. The van der Waals surface area contributed by atoms with Gasteiger partial charge in [0.25, 0.3) is 0 Å². The van der Waals surface area contributed by atoms with Crippen molar-refractivity contribution in [1.29, 1.82) is 0 Å². The second kappa shape index (κ2) is 4.21. The number of carbonyl (C=O) groups excluding carboxylic acids is 1. The number of aromatic nitrogens is 6. The van der Waals surface area contributed by atoms with E-state index in [0.29, 0.717) is 5.82 Å². The number of ketones is 1. The van der Waals surface area contributed by atoms with Crippen LogP contribution >= 0.6 is 0 Å². The number of nitrogens with one attached hydrogen (secondary N) is 1. The van der Waals surface area contributed by atoms with E-state index in [0.717, 1.165) is 0 Å². The molecule has 7 nitrogen and oxygen atoms in total. The minimum absolute atomic E-state index is 0.146. The quantitative estimate of drug-likeness (QED) is 0.753. The highest BCUT2D eigenvalue weighted by Crippen LogP contribution is 2.07. The third-order valence-electron chi connectivity index (χ3n) is 2.13. The van der Waals surface area contributed by atoms with Crippen LogP contribution in [0, 0.1) is 0 Å². The van der Waals surface area contributed by atoms with E-state index in [4.69, 9.17) is 0 Å². The van der Waals surface area contributed by atoms with Crippen LogP contribution in [0.3, 0.4) is 0 Å². The van der Waals surface area contributed by atoms with E-state index in [9.17, 15) is 4.79 Å². The van der Waals surface area contributed by atoms with Gasteiger partial charge in [0.05, 0.1) is 6.42 Å². The van der Waals surface area contributed by atoms with Crippen molar-refractivity contribution in [3.8, 4) is 0 Å². The van der Waals surface area contributed by atoms with Crippen LogP contribution in [-0.2, 0) is 6.42 Å². The molecule has 0 fully saturated rings. The number of nitrogens with zero attached hydrogens (tertiary/aromatic N) is 5. The lowest BCUT2D eigenvalue weighted by molar-refractivity contribution is 0.0979. The normalized spacial score (nSPS) is 10.9. The van der Waals surface area contributed by atoms with Gasteiger partial charge in [-0.05, 0) is 13.8 Å². The van der Waals surface area contributed by atoms with Crippen molar-refractivity contribution in [2.24, 2.45) is 0 Å². The first-order valence-electron chi connectivity index (χ1n) is 4.95. The largest absolute Gasteiger partial charge is 0.290 e. The predicted octanol–water partition coefficient (Wildman–Crippen LogP) is 0.402. The fraction of sp³-hybridized carbons (Fsp3) is 0.444. The molecular formula is C9H12N6O. The van der Waals surface area contributed by atoms with Crippen LogP contribution in [0.2, 0.25) is 0 Å². The van der Waals surface area contributed by atoms with Gasteiger partial charge < -0.3 is 0 Å². The second-order valence-corrected chi connectivity index (χ2v) is 3.65. The molecular weight excluding hydrogens is 208 g/mol. The minimum atomic E-state index is -0.146. The molecule has 0 aliphatic heterocycles. The highest BCUT2D eigenvalue weighted by Gasteiger charge is 2.15. The van der Waals surface area contributed by atoms with Crippen LogP contribution in [0.25, 0.3) is 0 Å². The van der Waals surface area contributed by atoms with Crippen molar-refractivity contribution < 1.29 is 4.79 Å². The van der Waals surface area contributed by atoms with Crippen molar-refractivity contribution in [3.63, 3.8) is 0 Å². The van der Waals surface area contributed by atoms with Gasteiger partial charge in [-0.1, -0.05) is 0 Å². The van der Waals surface area contributed by atoms with Gasteiger partial charge in [0.15, 0.2) is 5.82 Å². The lowest BCUT2D eigenvalue weighted by atomic mass is 10.2. The topological polar surface area (TPSA) is 89.3 Å². The smallest absolute Gasteiger partial charge is 0.207 e. The molecule has 0 radical (unpaired) electrons. The average molecular weight is 220 g/mol. The van der Waals surface area contributed by atoms with E-state index in [2.05, 4.69) is 25.3 Å². The van der Waals surface area contributed by atoms with Gasteiger partial charge in [0.2, 0.25) is 5.78 Å². The summed E-state index contributed by atoms with van der Waals surface area (Å²) in [5, 5.41) is 10.2. The lowest BCUT2D eigenvalue weighted by Crippen LogP contribution is -2.14. The molecule has 1 N–H and O–H groups in total. The molecule has 2 aromatic rings. The SMILES string of the molecule is CC(C)n1ncnc1CC(=O)c1ncn[nH]1. The highest BCUT2D eigenvalue weighted by molar-refractivity contribution is 5.93. The van der Waals surface area contributed by atoms with E-state index < -0.39 is 0 Å². The molecule has 0 aliphatic rings. The number of carbonyl (C=O) groups is 1. The molecule has 2 heterocycles. The van der Waals surface area contributed by atoms with Crippen LogP contribution in [-0.4, -0.2) is 35.7 Å². The molecule has 16 heavy (non-hydrogen) atoms. The number of hydrogen-bond donors (Lipinski definition) is 1. The maximum absolute atomic E-state index is 11.7. The Morgan fingerprint density at radius 3 is 2.88 bits per heavy atom. The molecule has 0 aliphatic carbocycles. The van der Waals surface area contributed by atoms with Crippen LogP contribution in [0.1, 0.15) is 36.3 Å². The van der Waals surface area contributed by atoms with Gasteiger partial charge in [-0.25, -0.2) is 14.6 Å². The van der Waals surface area contributed by atoms with Gasteiger partial charge >= 0.3 is 0 Å². The first-order chi connectivity index (χ1) is 7.68. The molecule has 0 aromatic carbocycles. The van der Waals surface area contributed by atoms with Crippen molar-refractivity contribution in [3.05, 3.63) is 24.3 Å². The number of hydrogen-bond acceptors (Lipinski definition) is 5. The highest BCUT2D eigenvalue weighted by atomic mass is 16.1. The molecule has 84 valence electrons. The second-order valence-electron chi connectivity index (χ2n) is 3.65. The number of aromatic amines is 1. The summed E-state index contributed by atoms with van der Waals surface area (Å²) in [6, 6.07) is 0.181. The Balaban J connectivity index is 2.15. The molecule has 0 amide bonds. The molecule has 0 saturated heterocycles. The van der Waals surface area contributed by atoms with Gasteiger partial charge in [-0.3, -0.25) is 9.89 Å².